The molecule has 0 saturated carbocycles. The second-order valence-electron chi connectivity index (χ2n) is 7.03. The lowest BCUT2D eigenvalue weighted by molar-refractivity contribution is 0.0951. The molecule has 1 amide bonds. The van der Waals surface area contributed by atoms with Crippen molar-refractivity contribution in [2.24, 2.45) is 5.92 Å². The zero-order chi connectivity index (χ0) is 17.8. The molecule has 1 unspecified atom stereocenters. The lowest BCUT2D eigenvalue weighted by Gasteiger charge is -2.22. The quantitative estimate of drug-likeness (QED) is 0.664. The molecule has 0 fully saturated rings. The first-order valence-electron chi connectivity index (χ1n) is 8.86. The van der Waals surface area contributed by atoms with Crippen LogP contribution in [0.4, 0.5) is 0 Å². The Morgan fingerprint density at radius 1 is 1.08 bits per heavy atom. The second kappa shape index (κ2) is 7.56. The van der Waals surface area contributed by atoms with E-state index in [0.717, 1.165) is 17.4 Å². The number of carbonyl (C=O) groups is 1. The van der Waals surface area contributed by atoms with Crippen LogP contribution in [0.3, 0.4) is 0 Å². The van der Waals surface area contributed by atoms with Gasteiger partial charge in [-0.05, 0) is 48.6 Å². The summed E-state index contributed by atoms with van der Waals surface area (Å²) in [5.74, 6) is 0.835. The molecule has 2 aromatic carbocycles. The van der Waals surface area contributed by atoms with E-state index < -0.39 is 0 Å². The normalized spacial score (nSPS) is 12.5. The minimum Gasteiger partial charge on any atom is -0.464 e. The Labute approximate surface area is 149 Å². The summed E-state index contributed by atoms with van der Waals surface area (Å²) in [4.78, 5) is 12.7. The fourth-order valence-corrected chi connectivity index (χ4v) is 3.44. The molecule has 1 aromatic heterocycles. The van der Waals surface area contributed by atoms with Gasteiger partial charge in [0.2, 0.25) is 0 Å². The highest BCUT2D eigenvalue weighted by Crippen LogP contribution is 2.26. The highest BCUT2D eigenvalue weighted by Gasteiger charge is 2.18. The smallest absolute Gasteiger partial charge is 0.252 e. The minimum atomic E-state index is -0.0469. The van der Waals surface area contributed by atoms with Crippen LogP contribution in [0.1, 0.15) is 47.7 Å². The third-order valence-corrected chi connectivity index (χ3v) is 4.63. The standard InChI is InChI=1S/C22H25NO2/c1-15(2)13-17(18-8-5-4-7-16(18)3)14-23-22(24)20-9-6-10-21-19(20)11-12-25-21/h4-12,15,17H,13-14H2,1-3H3,(H,23,24). The molecule has 3 aromatic rings. The molecule has 0 aliphatic carbocycles. The summed E-state index contributed by atoms with van der Waals surface area (Å²) in [5, 5.41) is 3.99. The van der Waals surface area contributed by atoms with Gasteiger partial charge in [-0.15, -0.1) is 0 Å². The van der Waals surface area contributed by atoms with Crippen molar-refractivity contribution in [3.05, 3.63) is 71.5 Å². The van der Waals surface area contributed by atoms with Crippen LogP contribution in [0.25, 0.3) is 11.0 Å². The van der Waals surface area contributed by atoms with Gasteiger partial charge in [-0.3, -0.25) is 4.79 Å². The summed E-state index contributed by atoms with van der Waals surface area (Å²) in [5.41, 5.74) is 4.00. The summed E-state index contributed by atoms with van der Waals surface area (Å²) in [7, 11) is 0. The Morgan fingerprint density at radius 3 is 2.64 bits per heavy atom. The molecule has 3 heteroatoms. The Morgan fingerprint density at radius 2 is 1.88 bits per heavy atom. The average molecular weight is 335 g/mol. The third kappa shape index (κ3) is 3.93. The number of carbonyl (C=O) groups excluding carboxylic acids is 1. The number of hydrogen-bond donors (Lipinski definition) is 1. The molecule has 0 aliphatic rings. The van der Waals surface area contributed by atoms with Crippen molar-refractivity contribution in [3.63, 3.8) is 0 Å². The van der Waals surface area contributed by atoms with Crippen LogP contribution in [0.2, 0.25) is 0 Å². The van der Waals surface area contributed by atoms with Crippen molar-refractivity contribution in [2.75, 3.05) is 6.54 Å². The molecule has 0 bridgehead atoms. The minimum absolute atomic E-state index is 0.0469. The van der Waals surface area contributed by atoms with Crippen LogP contribution in [0.15, 0.2) is 59.2 Å². The highest BCUT2D eigenvalue weighted by molar-refractivity contribution is 6.05. The first kappa shape index (κ1) is 17.3. The number of aryl methyl sites for hydroxylation is 1. The third-order valence-electron chi connectivity index (χ3n) is 4.63. The van der Waals surface area contributed by atoms with Crippen molar-refractivity contribution in [3.8, 4) is 0 Å². The van der Waals surface area contributed by atoms with E-state index in [2.05, 4.69) is 50.4 Å². The zero-order valence-electron chi connectivity index (χ0n) is 15.1. The molecule has 0 aliphatic heterocycles. The maximum absolute atomic E-state index is 12.7. The SMILES string of the molecule is Cc1ccccc1C(CNC(=O)c1cccc2occc12)CC(C)C. The van der Waals surface area contributed by atoms with E-state index in [1.165, 1.54) is 11.1 Å². The molecule has 0 radical (unpaired) electrons. The van der Waals surface area contributed by atoms with Crippen LogP contribution in [-0.4, -0.2) is 12.5 Å². The van der Waals surface area contributed by atoms with Gasteiger partial charge in [-0.1, -0.05) is 44.2 Å². The Hall–Kier alpha value is -2.55. The Bertz CT molecular complexity index is 863. The first-order chi connectivity index (χ1) is 12.1. The largest absolute Gasteiger partial charge is 0.464 e. The van der Waals surface area contributed by atoms with Gasteiger partial charge in [-0.2, -0.15) is 0 Å². The van der Waals surface area contributed by atoms with Crippen LogP contribution >= 0.6 is 0 Å². The van der Waals surface area contributed by atoms with Gasteiger partial charge in [0, 0.05) is 17.8 Å². The topological polar surface area (TPSA) is 42.2 Å². The van der Waals surface area contributed by atoms with Gasteiger partial charge in [0.15, 0.2) is 0 Å². The van der Waals surface area contributed by atoms with Gasteiger partial charge < -0.3 is 9.73 Å². The molecule has 3 rings (SSSR count). The lowest BCUT2D eigenvalue weighted by Crippen LogP contribution is -2.29. The van der Waals surface area contributed by atoms with Gasteiger partial charge in [0.25, 0.3) is 5.91 Å². The van der Waals surface area contributed by atoms with Crippen molar-refractivity contribution >= 4 is 16.9 Å². The van der Waals surface area contributed by atoms with Gasteiger partial charge >= 0.3 is 0 Å². The summed E-state index contributed by atoms with van der Waals surface area (Å²) >= 11 is 0. The van der Waals surface area contributed by atoms with Gasteiger partial charge in [0.05, 0.1) is 11.8 Å². The molecular weight excluding hydrogens is 310 g/mol. The molecule has 3 nitrogen and oxygen atoms in total. The molecule has 130 valence electrons. The lowest BCUT2D eigenvalue weighted by atomic mass is 9.87. The van der Waals surface area contributed by atoms with Crippen LogP contribution in [0.5, 0.6) is 0 Å². The molecule has 0 saturated heterocycles. The van der Waals surface area contributed by atoms with E-state index in [1.54, 1.807) is 6.26 Å². The molecular formula is C22H25NO2. The summed E-state index contributed by atoms with van der Waals surface area (Å²) in [6, 6.07) is 15.9. The maximum atomic E-state index is 12.7. The highest BCUT2D eigenvalue weighted by atomic mass is 16.3. The fraction of sp³-hybridized carbons (Fsp3) is 0.318. The van der Waals surface area contributed by atoms with E-state index in [1.807, 2.05) is 24.3 Å². The maximum Gasteiger partial charge on any atom is 0.252 e. The van der Waals surface area contributed by atoms with E-state index >= 15 is 0 Å². The van der Waals surface area contributed by atoms with Crippen molar-refractivity contribution in [1.29, 1.82) is 0 Å². The second-order valence-corrected chi connectivity index (χ2v) is 7.03. The summed E-state index contributed by atoms with van der Waals surface area (Å²) in [6.07, 6.45) is 2.66. The number of rotatable bonds is 6. The number of amides is 1. The predicted octanol–water partition coefficient (Wildman–Crippen LogP) is 5.30. The van der Waals surface area contributed by atoms with E-state index in [4.69, 9.17) is 4.42 Å². The molecule has 0 spiro atoms. The van der Waals surface area contributed by atoms with E-state index in [-0.39, 0.29) is 5.91 Å². The number of furan rings is 1. The van der Waals surface area contributed by atoms with Gasteiger partial charge in [-0.25, -0.2) is 0 Å². The average Bonchev–Trinajstić information content (AvgIpc) is 3.07. The number of fused-ring (bicyclic) bond motifs is 1. The Kier molecular flexibility index (Phi) is 5.22. The van der Waals surface area contributed by atoms with E-state index in [9.17, 15) is 4.79 Å². The van der Waals surface area contributed by atoms with Crippen molar-refractivity contribution < 1.29 is 9.21 Å². The number of benzene rings is 2. The van der Waals surface area contributed by atoms with Crippen LogP contribution in [0, 0.1) is 12.8 Å². The van der Waals surface area contributed by atoms with Crippen molar-refractivity contribution in [2.45, 2.75) is 33.1 Å². The van der Waals surface area contributed by atoms with Gasteiger partial charge in [0.1, 0.15) is 5.58 Å². The Balaban J connectivity index is 1.78. The fourth-order valence-electron chi connectivity index (χ4n) is 3.44. The first-order valence-corrected chi connectivity index (χ1v) is 8.86. The van der Waals surface area contributed by atoms with Crippen LogP contribution in [-0.2, 0) is 0 Å². The number of hydrogen-bond acceptors (Lipinski definition) is 2. The summed E-state index contributed by atoms with van der Waals surface area (Å²) < 4.78 is 5.39. The zero-order valence-corrected chi connectivity index (χ0v) is 15.1. The number of nitrogens with one attached hydrogen (secondary N) is 1. The monoisotopic (exact) mass is 335 g/mol. The molecule has 1 heterocycles. The summed E-state index contributed by atoms with van der Waals surface area (Å²) in [6.45, 7) is 7.21. The molecule has 1 atom stereocenters. The molecule has 1 N–H and O–H groups in total. The van der Waals surface area contributed by atoms with Crippen molar-refractivity contribution in [1.82, 2.24) is 5.32 Å². The predicted molar refractivity (Wildman–Crippen MR) is 102 cm³/mol. The van der Waals surface area contributed by atoms with Crippen LogP contribution < -0.4 is 5.32 Å². The molecule has 25 heavy (non-hydrogen) atoms. The van der Waals surface area contributed by atoms with E-state index in [0.29, 0.717) is 23.9 Å².